The normalized spacial score (nSPS) is 12.0. The molecule has 0 N–H and O–H groups in total. The molecular formula is C12H10OS3. The number of hydrogen-bond acceptors (Lipinski definition) is 2. The molecule has 0 saturated carbocycles. The van der Waals surface area contributed by atoms with Crippen molar-refractivity contribution in [1.29, 1.82) is 0 Å². The lowest BCUT2D eigenvalue weighted by Crippen LogP contribution is -1.84. The predicted octanol–water partition coefficient (Wildman–Crippen LogP) is 3.50. The summed E-state index contributed by atoms with van der Waals surface area (Å²) < 4.78 is 11.1. The SMILES string of the molecule is O=S=S(Sc1ccccc1)c1ccccc1. The van der Waals surface area contributed by atoms with Crippen molar-refractivity contribution in [2.24, 2.45) is 0 Å². The monoisotopic (exact) mass is 266 g/mol. The predicted molar refractivity (Wildman–Crippen MR) is 72.5 cm³/mol. The molecule has 0 aromatic heterocycles. The van der Waals surface area contributed by atoms with E-state index in [0.29, 0.717) is 10.2 Å². The Labute approximate surface area is 104 Å². The molecule has 0 spiro atoms. The molecule has 2 aromatic rings. The molecule has 82 valence electrons. The van der Waals surface area contributed by atoms with Crippen LogP contribution in [0.3, 0.4) is 0 Å². The van der Waals surface area contributed by atoms with Gasteiger partial charge in [-0.05, 0) is 35.1 Å². The molecule has 16 heavy (non-hydrogen) atoms. The van der Waals surface area contributed by atoms with Crippen LogP contribution in [-0.2, 0) is 18.7 Å². The zero-order chi connectivity index (χ0) is 11.2. The Kier molecular flexibility index (Phi) is 4.39. The molecule has 1 unspecified atom stereocenters. The highest BCUT2D eigenvalue weighted by atomic mass is 33.3. The topological polar surface area (TPSA) is 17.1 Å². The van der Waals surface area contributed by atoms with Gasteiger partial charge in [0.05, 0.1) is 0 Å². The summed E-state index contributed by atoms with van der Waals surface area (Å²) in [5.74, 6) is 0. The minimum Gasteiger partial charge on any atom is -0.204 e. The molecule has 1 atom stereocenters. The van der Waals surface area contributed by atoms with Crippen molar-refractivity contribution in [3.05, 3.63) is 60.7 Å². The average molecular weight is 266 g/mol. The molecule has 0 amide bonds. The fraction of sp³-hybridized carbons (Fsp3) is 0. The summed E-state index contributed by atoms with van der Waals surface area (Å²) in [6.07, 6.45) is 0. The summed E-state index contributed by atoms with van der Waals surface area (Å²) in [4.78, 5) is 2.23. The van der Waals surface area contributed by atoms with E-state index < -0.39 is 0 Å². The first kappa shape index (κ1) is 11.6. The minimum atomic E-state index is -0.368. The first-order chi connectivity index (χ1) is 7.90. The molecule has 0 fully saturated rings. The van der Waals surface area contributed by atoms with Gasteiger partial charge in [-0.25, -0.2) is 4.21 Å². The van der Waals surface area contributed by atoms with Crippen molar-refractivity contribution in [1.82, 2.24) is 0 Å². The average Bonchev–Trinajstić information content (AvgIpc) is 2.38. The highest BCUT2D eigenvalue weighted by Crippen LogP contribution is 2.27. The summed E-state index contributed by atoms with van der Waals surface area (Å²) >= 11 is 0. The zero-order valence-electron chi connectivity index (χ0n) is 8.41. The fourth-order valence-corrected chi connectivity index (χ4v) is 5.31. The summed E-state index contributed by atoms with van der Waals surface area (Å²) in [5.41, 5.74) is 0. The Morgan fingerprint density at radius 3 is 1.94 bits per heavy atom. The van der Waals surface area contributed by atoms with Crippen molar-refractivity contribution in [3.8, 4) is 0 Å². The second kappa shape index (κ2) is 6.03. The Bertz CT molecular complexity index is 504. The zero-order valence-corrected chi connectivity index (χ0v) is 10.9. The van der Waals surface area contributed by atoms with Gasteiger partial charge >= 0.3 is 0 Å². The highest BCUT2D eigenvalue weighted by Gasteiger charge is 2.02. The van der Waals surface area contributed by atoms with Crippen LogP contribution < -0.4 is 0 Å². The van der Waals surface area contributed by atoms with E-state index in [0.717, 1.165) is 9.79 Å². The van der Waals surface area contributed by atoms with E-state index in [2.05, 4.69) is 0 Å². The number of hydrogen-bond donors (Lipinski definition) is 0. The van der Waals surface area contributed by atoms with E-state index >= 15 is 0 Å². The van der Waals surface area contributed by atoms with Crippen molar-refractivity contribution in [3.63, 3.8) is 0 Å². The molecule has 1 nitrogen and oxygen atoms in total. The summed E-state index contributed by atoms with van der Waals surface area (Å²) in [6.45, 7) is 0. The van der Waals surface area contributed by atoms with Gasteiger partial charge in [0.2, 0.25) is 0 Å². The molecule has 0 aliphatic carbocycles. The fourth-order valence-electron chi connectivity index (χ4n) is 1.20. The van der Waals surface area contributed by atoms with E-state index in [1.807, 2.05) is 60.7 Å². The van der Waals surface area contributed by atoms with Crippen LogP contribution in [0.4, 0.5) is 0 Å². The van der Waals surface area contributed by atoms with Gasteiger partial charge in [0.25, 0.3) is 0 Å². The van der Waals surface area contributed by atoms with Gasteiger partial charge in [0, 0.05) is 18.3 Å². The molecule has 0 aliphatic heterocycles. The van der Waals surface area contributed by atoms with Crippen molar-refractivity contribution in [2.45, 2.75) is 9.79 Å². The van der Waals surface area contributed by atoms with Crippen LogP contribution in [0.2, 0.25) is 0 Å². The summed E-state index contributed by atoms with van der Waals surface area (Å²) in [6, 6.07) is 19.9. The van der Waals surface area contributed by atoms with Gasteiger partial charge in [-0.2, -0.15) is 0 Å². The molecule has 0 radical (unpaired) electrons. The van der Waals surface area contributed by atoms with Crippen LogP contribution in [0.25, 0.3) is 0 Å². The van der Waals surface area contributed by atoms with Crippen LogP contribution >= 0.6 is 10.8 Å². The van der Waals surface area contributed by atoms with Crippen LogP contribution in [0.15, 0.2) is 70.5 Å². The number of benzene rings is 2. The van der Waals surface area contributed by atoms with Crippen LogP contribution in [0, 0.1) is 0 Å². The Hall–Kier alpha value is -0.840. The Morgan fingerprint density at radius 2 is 1.38 bits per heavy atom. The minimum absolute atomic E-state index is 0.368. The molecule has 0 bridgehead atoms. The van der Waals surface area contributed by atoms with Gasteiger partial charge in [-0.3, -0.25) is 0 Å². The maximum atomic E-state index is 11.1. The second-order valence-electron chi connectivity index (χ2n) is 3.01. The van der Waals surface area contributed by atoms with Gasteiger partial charge < -0.3 is 0 Å². The largest absolute Gasteiger partial charge is 0.204 e. The van der Waals surface area contributed by atoms with Crippen LogP contribution in [-0.4, -0.2) is 4.21 Å². The Balaban J connectivity index is 2.24. The summed E-state index contributed by atoms with van der Waals surface area (Å²) in [7, 11) is 1.91. The lowest BCUT2D eigenvalue weighted by atomic mass is 10.4. The third-order valence-electron chi connectivity index (χ3n) is 1.91. The van der Waals surface area contributed by atoms with Crippen LogP contribution in [0.5, 0.6) is 0 Å². The second-order valence-corrected chi connectivity index (χ2v) is 8.27. The first-order valence-electron chi connectivity index (χ1n) is 4.73. The van der Waals surface area contributed by atoms with Gasteiger partial charge in [-0.1, -0.05) is 36.4 Å². The van der Waals surface area contributed by atoms with Gasteiger partial charge in [0.15, 0.2) is 0 Å². The lowest BCUT2D eigenvalue weighted by Gasteiger charge is -2.03. The van der Waals surface area contributed by atoms with Crippen molar-refractivity contribution >= 4 is 29.5 Å². The molecule has 0 heterocycles. The van der Waals surface area contributed by atoms with E-state index in [1.54, 1.807) is 10.8 Å². The summed E-state index contributed by atoms with van der Waals surface area (Å²) in [5, 5.41) is 0. The molecule has 4 heteroatoms. The smallest absolute Gasteiger partial charge is 0.136 e. The third kappa shape index (κ3) is 3.07. The van der Waals surface area contributed by atoms with Crippen molar-refractivity contribution in [2.75, 3.05) is 0 Å². The lowest BCUT2D eigenvalue weighted by molar-refractivity contribution is 0.701. The van der Waals surface area contributed by atoms with E-state index in [-0.39, 0.29) is 8.49 Å². The third-order valence-corrected chi connectivity index (χ3v) is 6.98. The molecule has 2 aromatic carbocycles. The molecule has 2 rings (SSSR count). The van der Waals surface area contributed by atoms with Crippen LogP contribution in [0.1, 0.15) is 0 Å². The first-order valence-corrected chi connectivity index (χ1v) is 8.55. The maximum absolute atomic E-state index is 11.1. The quantitative estimate of drug-likeness (QED) is 0.791. The van der Waals surface area contributed by atoms with Gasteiger partial charge in [-0.15, -0.1) is 0 Å². The molecular weight excluding hydrogens is 256 g/mol. The van der Waals surface area contributed by atoms with E-state index in [9.17, 15) is 4.21 Å². The van der Waals surface area contributed by atoms with E-state index in [1.165, 1.54) is 0 Å². The Morgan fingerprint density at radius 1 is 0.812 bits per heavy atom. The standard InChI is InChI=1S/C12H10OS3/c13-15-16(12-9-5-2-6-10-12)14-11-7-3-1-4-8-11/h1-10H. The number of rotatable bonds is 3. The van der Waals surface area contributed by atoms with Gasteiger partial charge in [0.1, 0.15) is 10.2 Å². The van der Waals surface area contributed by atoms with E-state index in [4.69, 9.17) is 0 Å². The van der Waals surface area contributed by atoms with Crippen molar-refractivity contribution < 1.29 is 4.21 Å². The molecule has 0 aliphatic rings. The molecule has 0 saturated heterocycles. The maximum Gasteiger partial charge on any atom is 0.136 e. The highest BCUT2D eigenvalue weighted by molar-refractivity contribution is 8.83.